The molecule has 2 rings (SSSR count). The molecule has 2 aromatic rings. The first-order valence-corrected chi connectivity index (χ1v) is 6.61. The lowest BCUT2D eigenvalue weighted by atomic mass is 10.2. The van der Waals surface area contributed by atoms with Gasteiger partial charge in [0.25, 0.3) is 5.91 Å². The lowest BCUT2D eigenvalue weighted by molar-refractivity contribution is 0.102. The maximum absolute atomic E-state index is 12.2. The molecule has 0 aliphatic heterocycles. The summed E-state index contributed by atoms with van der Waals surface area (Å²) in [6.45, 7) is 1.98. The Labute approximate surface area is 120 Å². The number of nitrogens with one attached hydrogen (secondary N) is 2. The smallest absolute Gasteiger partial charge is 0.259 e. The summed E-state index contributed by atoms with van der Waals surface area (Å²) in [7, 11) is 1.74. The molecule has 2 N–H and O–H groups in total. The molecule has 0 fully saturated rings. The van der Waals surface area contributed by atoms with E-state index in [4.69, 9.17) is 0 Å². The zero-order chi connectivity index (χ0) is 13.8. The van der Waals surface area contributed by atoms with Gasteiger partial charge in [-0.05, 0) is 42.8 Å². The van der Waals surface area contributed by atoms with E-state index in [1.165, 1.54) is 0 Å². The van der Waals surface area contributed by atoms with Gasteiger partial charge in [-0.3, -0.25) is 4.79 Å². The minimum Gasteiger partial charge on any atom is -0.372 e. The Balaban J connectivity index is 2.23. The summed E-state index contributed by atoms with van der Waals surface area (Å²) in [4.78, 5) is 16.3. The van der Waals surface area contributed by atoms with Crippen molar-refractivity contribution in [2.24, 2.45) is 0 Å². The average Bonchev–Trinajstić information content (AvgIpc) is 2.43. The van der Waals surface area contributed by atoms with Gasteiger partial charge >= 0.3 is 0 Å². The third-order valence-electron chi connectivity index (χ3n) is 2.70. The third kappa shape index (κ3) is 3.12. The molecular weight excluding hydrogens is 306 g/mol. The monoisotopic (exact) mass is 319 g/mol. The molecule has 0 aliphatic rings. The molecule has 0 unspecified atom stereocenters. The fraction of sp³-hybridized carbons (Fsp3) is 0.143. The van der Waals surface area contributed by atoms with Crippen LogP contribution in [0.4, 0.5) is 11.5 Å². The van der Waals surface area contributed by atoms with Crippen LogP contribution in [0.3, 0.4) is 0 Å². The Bertz CT molecular complexity index is 613. The summed E-state index contributed by atoms with van der Waals surface area (Å²) in [6.07, 6.45) is 1.65. The Kier molecular flexibility index (Phi) is 4.16. The van der Waals surface area contributed by atoms with E-state index in [1.54, 1.807) is 25.4 Å². The second kappa shape index (κ2) is 5.84. The van der Waals surface area contributed by atoms with Crippen molar-refractivity contribution >= 4 is 33.3 Å². The fourth-order valence-corrected chi connectivity index (χ4v) is 1.96. The topological polar surface area (TPSA) is 54.0 Å². The molecule has 0 saturated heterocycles. The first-order chi connectivity index (χ1) is 9.11. The van der Waals surface area contributed by atoms with Crippen molar-refractivity contribution in [2.75, 3.05) is 17.7 Å². The van der Waals surface area contributed by atoms with Gasteiger partial charge < -0.3 is 10.6 Å². The fourth-order valence-electron chi connectivity index (χ4n) is 1.71. The largest absolute Gasteiger partial charge is 0.372 e. The molecule has 5 heteroatoms. The van der Waals surface area contributed by atoms with Crippen LogP contribution in [0.25, 0.3) is 0 Å². The lowest BCUT2D eigenvalue weighted by Gasteiger charge is -2.09. The maximum atomic E-state index is 12.2. The number of halogens is 1. The number of carbonyl (C=O) groups is 1. The van der Waals surface area contributed by atoms with E-state index in [9.17, 15) is 4.79 Å². The van der Waals surface area contributed by atoms with Gasteiger partial charge in [0.2, 0.25) is 0 Å². The molecule has 1 aromatic carbocycles. The Morgan fingerprint density at radius 2 is 2.11 bits per heavy atom. The van der Waals surface area contributed by atoms with Gasteiger partial charge in [0.1, 0.15) is 5.82 Å². The molecule has 1 amide bonds. The second-order valence-electron chi connectivity index (χ2n) is 4.07. The highest BCUT2D eigenvalue weighted by Gasteiger charge is 2.11. The molecular formula is C14H14BrN3O. The SMILES string of the molecule is CNc1ncccc1C(=O)Nc1ccc(Br)c(C)c1. The number of hydrogen-bond acceptors (Lipinski definition) is 3. The first-order valence-electron chi connectivity index (χ1n) is 5.82. The number of benzene rings is 1. The van der Waals surface area contributed by atoms with Crippen molar-refractivity contribution in [2.45, 2.75) is 6.92 Å². The number of aromatic nitrogens is 1. The summed E-state index contributed by atoms with van der Waals surface area (Å²) in [5, 5.41) is 5.76. The van der Waals surface area contributed by atoms with E-state index in [0.29, 0.717) is 11.4 Å². The van der Waals surface area contributed by atoms with Gasteiger partial charge in [0.15, 0.2) is 0 Å². The Morgan fingerprint density at radius 3 is 2.79 bits per heavy atom. The van der Waals surface area contributed by atoms with E-state index >= 15 is 0 Å². The van der Waals surface area contributed by atoms with E-state index < -0.39 is 0 Å². The summed E-state index contributed by atoms with van der Waals surface area (Å²) in [5.74, 6) is 0.382. The van der Waals surface area contributed by atoms with E-state index in [0.717, 1.165) is 15.7 Å². The average molecular weight is 320 g/mol. The van der Waals surface area contributed by atoms with Crippen molar-refractivity contribution in [3.8, 4) is 0 Å². The zero-order valence-corrected chi connectivity index (χ0v) is 12.3. The number of carbonyl (C=O) groups excluding carboxylic acids is 1. The van der Waals surface area contributed by atoms with Crippen LogP contribution in [-0.4, -0.2) is 17.9 Å². The molecule has 0 saturated carbocycles. The van der Waals surface area contributed by atoms with Gasteiger partial charge in [-0.15, -0.1) is 0 Å². The lowest BCUT2D eigenvalue weighted by Crippen LogP contribution is -2.14. The number of amides is 1. The molecule has 1 heterocycles. The molecule has 19 heavy (non-hydrogen) atoms. The Morgan fingerprint density at radius 1 is 1.32 bits per heavy atom. The number of hydrogen-bond donors (Lipinski definition) is 2. The molecule has 0 aliphatic carbocycles. The molecule has 1 aromatic heterocycles. The van der Waals surface area contributed by atoms with E-state index in [2.05, 4.69) is 31.5 Å². The first kappa shape index (κ1) is 13.5. The second-order valence-corrected chi connectivity index (χ2v) is 4.92. The Hall–Kier alpha value is -1.88. The van der Waals surface area contributed by atoms with E-state index in [-0.39, 0.29) is 5.91 Å². The number of pyridine rings is 1. The molecule has 98 valence electrons. The summed E-state index contributed by atoms with van der Waals surface area (Å²) in [5.41, 5.74) is 2.35. The van der Waals surface area contributed by atoms with Crippen LogP contribution in [-0.2, 0) is 0 Å². The minimum absolute atomic E-state index is 0.181. The highest BCUT2D eigenvalue weighted by atomic mass is 79.9. The zero-order valence-electron chi connectivity index (χ0n) is 10.7. The van der Waals surface area contributed by atoms with Crippen molar-refractivity contribution in [1.82, 2.24) is 4.98 Å². The third-order valence-corrected chi connectivity index (χ3v) is 3.59. The van der Waals surface area contributed by atoms with Gasteiger partial charge in [-0.1, -0.05) is 15.9 Å². The van der Waals surface area contributed by atoms with Gasteiger partial charge in [0, 0.05) is 23.4 Å². The molecule has 0 bridgehead atoms. The van der Waals surface area contributed by atoms with E-state index in [1.807, 2.05) is 25.1 Å². The number of rotatable bonds is 3. The van der Waals surface area contributed by atoms with Gasteiger partial charge in [0.05, 0.1) is 5.56 Å². The molecule has 0 radical (unpaired) electrons. The molecule has 4 nitrogen and oxygen atoms in total. The highest BCUT2D eigenvalue weighted by molar-refractivity contribution is 9.10. The standard InChI is InChI=1S/C14H14BrN3O/c1-9-8-10(5-6-12(9)15)18-14(19)11-4-3-7-17-13(11)16-2/h3-8H,1-2H3,(H,16,17)(H,18,19). The predicted octanol–water partition coefficient (Wildman–Crippen LogP) is 3.45. The highest BCUT2D eigenvalue weighted by Crippen LogP contribution is 2.21. The molecule has 0 atom stereocenters. The summed E-state index contributed by atoms with van der Waals surface area (Å²) < 4.78 is 1.02. The van der Waals surface area contributed by atoms with Gasteiger partial charge in [-0.2, -0.15) is 0 Å². The predicted molar refractivity (Wildman–Crippen MR) is 80.6 cm³/mol. The normalized spacial score (nSPS) is 10.1. The van der Waals surface area contributed by atoms with Gasteiger partial charge in [-0.25, -0.2) is 4.98 Å². The van der Waals surface area contributed by atoms with Crippen LogP contribution in [0.5, 0.6) is 0 Å². The number of aryl methyl sites for hydroxylation is 1. The van der Waals surface area contributed by atoms with Crippen LogP contribution >= 0.6 is 15.9 Å². The summed E-state index contributed by atoms with van der Waals surface area (Å²) >= 11 is 3.43. The minimum atomic E-state index is -0.181. The van der Waals surface area contributed by atoms with Crippen LogP contribution in [0.1, 0.15) is 15.9 Å². The van der Waals surface area contributed by atoms with Crippen LogP contribution < -0.4 is 10.6 Å². The van der Waals surface area contributed by atoms with Crippen LogP contribution in [0.2, 0.25) is 0 Å². The van der Waals surface area contributed by atoms with Crippen LogP contribution in [0.15, 0.2) is 41.0 Å². The van der Waals surface area contributed by atoms with Crippen molar-refractivity contribution in [1.29, 1.82) is 0 Å². The number of anilines is 2. The van der Waals surface area contributed by atoms with Crippen molar-refractivity contribution in [3.63, 3.8) is 0 Å². The summed E-state index contributed by atoms with van der Waals surface area (Å²) in [6, 6.07) is 9.15. The number of nitrogens with zero attached hydrogens (tertiary/aromatic N) is 1. The molecule has 0 spiro atoms. The van der Waals surface area contributed by atoms with Crippen molar-refractivity contribution < 1.29 is 4.79 Å². The maximum Gasteiger partial charge on any atom is 0.259 e. The quantitative estimate of drug-likeness (QED) is 0.911. The van der Waals surface area contributed by atoms with Crippen molar-refractivity contribution in [3.05, 3.63) is 52.1 Å². The van der Waals surface area contributed by atoms with Crippen LogP contribution in [0, 0.1) is 6.92 Å².